The van der Waals surface area contributed by atoms with Gasteiger partial charge in [-0.15, -0.1) is 0 Å². The summed E-state index contributed by atoms with van der Waals surface area (Å²) in [5.74, 6) is 0.817. The summed E-state index contributed by atoms with van der Waals surface area (Å²) >= 11 is 0. The fourth-order valence-corrected chi connectivity index (χ4v) is 3.23. The standard InChI is InChI=1S/C18H26N2O4/c21-17(13-19-9-11-23-12-10-19)20-8-4-7-18(22,14-20)15-24-16-5-2-1-3-6-16/h1-3,5-6,22H,4,7-15H2/t18-/m0/s1. The van der Waals surface area contributed by atoms with Crippen LogP contribution in [-0.4, -0.2) is 79.0 Å². The zero-order chi connectivity index (χ0) is 16.8. The minimum Gasteiger partial charge on any atom is -0.491 e. The lowest BCUT2D eigenvalue weighted by molar-refractivity contribution is -0.142. The maximum absolute atomic E-state index is 12.5. The first-order valence-electron chi connectivity index (χ1n) is 8.63. The normalized spacial score (nSPS) is 25.5. The topological polar surface area (TPSA) is 62.2 Å². The largest absolute Gasteiger partial charge is 0.491 e. The van der Waals surface area contributed by atoms with Gasteiger partial charge in [0.15, 0.2) is 0 Å². The second kappa shape index (κ2) is 7.96. The Kier molecular flexibility index (Phi) is 5.71. The van der Waals surface area contributed by atoms with Crippen LogP contribution in [0.3, 0.4) is 0 Å². The summed E-state index contributed by atoms with van der Waals surface area (Å²) in [6.07, 6.45) is 1.45. The van der Waals surface area contributed by atoms with Crippen molar-refractivity contribution < 1.29 is 19.4 Å². The lowest BCUT2D eigenvalue weighted by Gasteiger charge is -2.39. The number of nitrogens with zero attached hydrogens (tertiary/aromatic N) is 2. The maximum atomic E-state index is 12.5. The molecule has 0 aromatic heterocycles. The predicted octanol–water partition coefficient (Wildman–Crippen LogP) is 0.751. The van der Waals surface area contributed by atoms with Gasteiger partial charge in [-0.1, -0.05) is 18.2 Å². The van der Waals surface area contributed by atoms with Crippen LogP contribution in [0.2, 0.25) is 0 Å². The molecule has 1 atom stereocenters. The van der Waals surface area contributed by atoms with Crippen molar-refractivity contribution in [2.75, 3.05) is 52.5 Å². The summed E-state index contributed by atoms with van der Waals surface area (Å²) in [5, 5.41) is 10.8. The maximum Gasteiger partial charge on any atom is 0.236 e. The van der Waals surface area contributed by atoms with Gasteiger partial charge in [-0.25, -0.2) is 0 Å². The number of piperidine rings is 1. The van der Waals surface area contributed by atoms with E-state index in [9.17, 15) is 9.90 Å². The van der Waals surface area contributed by atoms with Crippen LogP contribution in [0.5, 0.6) is 5.75 Å². The fraction of sp³-hybridized carbons (Fsp3) is 0.611. The highest BCUT2D eigenvalue weighted by atomic mass is 16.5. The molecular formula is C18H26N2O4. The van der Waals surface area contributed by atoms with Crippen LogP contribution in [0.25, 0.3) is 0 Å². The highest BCUT2D eigenvalue weighted by molar-refractivity contribution is 5.78. The summed E-state index contributed by atoms with van der Waals surface area (Å²) in [6, 6.07) is 9.46. The quantitative estimate of drug-likeness (QED) is 0.861. The molecule has 2 fully saturated rings. The van der Waals surface area contributed by atoms with Crippen LogP contribution in [0.4, 0.5) is 0 Å². The highest BCUT2D eigenvalue weighted by Crippen LogP contribution is 2.23. The number of hydrogen-bond donors (Lipinski definition) is 1. The molecule has 2 aliphatic heterocycles. The Hall–Kier alpha value is -1.63. The van der Waals surface area contributed by atoms with Gasteiger partial charge >= 0.3 is 0 Å². The highest BCUT2D eigenvalue weighted by Gasteiger charge is 2.36. The van der Waals surface area contributed by atoms with Gasteiger partial charge in [-0.05, 0) is 25.0 Å². The van der Waals surface area contributed by atoms with Crippen molar-refractivity contribution >= 4 is 5.91 Å². The lowest BCUT2D eigenvalue weighted by Crippen LogP contribution is -2.55. The molecule has 0 unspecified atom stereocenters. The molecule has 1 N–H and O–H groups in total. The SMILES string of the molecule is O=C(CN1CCOCC1)N1CCC[C@@](O)(COc2ccccc2)C1. The van der Waals surface area contributed by atoms with Gasteiger partial charge in [0.25, 0.3) is 0 Å². The van der Waals surface area contributed by atoms with Crippen molar-refractivity contribution in [1.82, 2.24) is 9.80 Å². The third-order valence-corrected chi connectivity index (χ3v) is 4.62. The van der Waals surface area contributed by atoms with E-state index in [-0.39, 0.29) is 12.5 Å². The zero-order valence-corrected chi connectivity index (χ0v) is 14.0. The van der Waals surface area contributed by atoms with Crippen LogP contribution < -0.4 is 4.74 Å². The van der Waals surface area contributed by atoms with E-state index in [4.69, 9.17) is 9.47 Å². The van der Waals surface area contributed by atoms with Crippen molar-refractivity contribution in [1.29, 1.82) is 0 Å². The monoisotopic (exact) mass is 334 g/mol. The third-order valence-electron chi connectivity index (χ3n) is 4.62. The third kappa shape index (κ3) is 4.69. The molecule has 0 aliphatic carbocycles. The molecule has 2 aliphatic rings. The van der Waals surface area contributed by atoms with Gasteiger partial charge in [-0.2, -0.15) is 0 Å². The number of rotatable bonds is 5. The number of hydrogen-bond acceptors (Lipinski definition) is 5. The molecule has 2 heterocycles. The smallest absolute Gasteiger partial charge is 0.236 e. The number of carbonyl (C=O) groups is 1. The van der Waals surface area contributed by atoms with Crippen LogP contribution in [0.15, 0.2) is 30.3 Å². The van der Waals surface area contributed by atoms with E-state index in [2.05, 4.69) is 4.90 Å². The molecule has 1 aromatic rings. The van der Waals surface area contributed by atoms with Gasteiger partial charge in [0, 0.05) is 19.6 Å². The van der Waals surface area contributed by atoms with Crippen LogP contribution in [-0.2, 0) is 9.53 Å². The second-order valence-corrected chi connectivity index (χ2v) is 6.63. The zero-order valence-electron chi connectivity index (χ0n) is 14.0. The Balaban J connectivity index is 1.51. The molecule has 0 spiro atoms. The van der Waals surface area contributed by atoms with Gasteiger partial charge < -0.3 is 19.5 Å². The lowest BCUT2D eigenvalue weighted by atomic mass is 9.93. The van der Waals surface area contributed by atoms with Crippen LogP contribution >= 0.6 is 0 Å². The summed E-state index contributed by atoms with van der Waals surface area (Å²) < 4.78 is 11.0. The van der Waals surface area contributed by atoms with Gasteiger partial charge in [0.2, 0.25) is 5.91 Å². The number of amides is 1. The first kappa shape index (κ1) is 17.2. The number of likely N-dealkylation sites (tertiary alicyclic amines) is 1. The summed E-state index contributed by atoms with van der Waals surface area (Å²) in [7, 11) is 0. The summed E-state index contributed by atoms with van der Waals surface area (Å²) in [5.41, 5.74) is -0.977. The number of para-hydroxylation sites is 1. The van der Waals surface area contributed by atoms with E-state index in [1.165, 1.54) is 0 Å². The molecule has 2 saturated heterocycles. The molecule has 0 saturated carbocycles. The predicted molar refractivity (Wildman–Crippen MR) is 90.0 cm³/mol. The Morgan fingerprint density at radius 1 is 1.21 bits per heavy atom. The molecular weight excluding hydrogens is 308 g/mol. The van der Waals surface area contributed by atoms with Crippen molar-refractivity contribution in [3.05, 3.63) is 30.3 Å². The van der Waals surface area contributed by atoms with Crippen LogP contribution in [0, 0.1) is 0 Å². The van der Waals surface area contributed by atoms with Gasteiger partial charge in [0.05, 0.1) is 26.3 Å². The van der Waals surface area contributed by atoms with Gasteiger partial charge in [-0.3, -0.25) is 9.69 Å². The molecule has 6 nitrogen and oxygen atoms in total. The average Bonchev–Trinajstić information content (AvgIpc) is 2.62. The molecule has 0 radical (unpaired) electrons. The molecule has 3 rings (SSSR count). The van der Waals surface area contributed by atoms with Crippen molar-refractivity contribution in [3.63, 3.8) is 0 Å². The van der Waals surface area contributed by atoms with E-state index in [1.54, 1.807) is 4.90 Å². The first-order valence-corrected chi connectivity index (χ1v) is 8.63. The number of ether oxygens (including phenoxy) is 2. The van der Waals surface area contributed by atoms with E-state index < -0.39 is 5.60 Å². The Morgan fingerprint density at radius 2 is 1.96 bits per heavy atom. The van der Waals surface area contributed by atoms with Gasteiger partial charge in [0.1, 0.15) is 18.0 Å². The van der Waals surface area contributed by atoms with E-state index in [1.807, 2.05) is 30.3 Å². The molecule has 6 heteroatoms. The second-order valence-electron chi connectivity index (χ2n) is 6.63. The molecule has 132 valence electrons. The Labute approximate surface area is 143 Å². The molecule has 24 heavy (non-hydrogen) atoms. The fourth-order valence-electron chi connectivity index (χ4n) is 3.23. The van der Waals surface area contributed by atoms with Crippen molar-refractivity contribution in [3.8, 4) is 5.75 Å². The minimum atomic E-state index is -0.977. The Bertz CT molecular complexity index is 533. The minimum absolute atomic E-state index is 0.0785. The Morgan fingerprint density at radius 3 is 2.71 bits per heavy atom. The number of carbonyl (C=O) groups excluding carboxylic acids is 1. The number of β-amino-alcohol motifs (C(OH)–C–C–N with tert-alkyl or cyclic N) is 1. The first-order chi connectivity index (χ1) is 11.6. The number of aliphatic hydroxyl groups is 1. The van der Waals surface area contributed by atoms with Crippen molar-refractivity contribution in [2.45, 2.75) is 18.4 Å². The van der Waals surface area contributed by atoms with Crippen molar-refractivity contribution in [2.24, 2.45) is 0 Å². The average molecular weight is 334 g/mol. The molecule has 0 bridgehead atoms. The number of benzene rings is 1. The summed E-state index contributed by atoms with van der Waals surface area (Å²) in [4.78, 5) is 16.4. The molecule has 1 aromatic carbocycles. The number of morpholine rings is 1. The van der Waals surface area contributed by atoms with E-state index >= 15 is 0 Å². The van der Waals surface area contributed by atoms with E-state index in [0.29, 0.717) is 39.3 Å². The van der Waals surface area contributed by atoms with E-state index in [0.717, 1.165) is 25.3 Å². The summed E-state index contributed by atoms with van der Waals surface area (Å²) in [6.45, 7) is 4.60. The van der Waals surface area contributed by atoms with Crippen LogP contribution in [0.1, 0.15) is 12.8 Å². The molecule has 1 amide bonds.